The molecule has 0 bridgehead atoms. The van der Waals surface area contributed by atoms with Crippen molar-refractivity contribution in [3.8, 4) is 28.1 Å². The molecule has 0 spiro atoms. The van der Waals surface area contributed by atoms with Crippen LogP contribution in [0.25, 0.3) is 33.3 Å². The molecule has 9 nitrogen and oxygen atoms in total. The molecule has 5 N–H and O–H groups in total. The number of methoxy groups -OCH3 is 1. The molecule has 1 heterocycles. The number of benzene rings is 4. The highest BCUT2D eigenvalue weighted by Crippen LogP contribution is 2.37. The number of carboxylic acid groups (broad SMARTS) is 1. The lowest BCUT2D eigenvalue weighted by Crippen LogP contribution is -2.33. The van der Waals surface area contributed by atoms with Crippen molar-refractivity contribution in [3.63, 3.8) is 0 Å². The van der Waals surface area contributed by atoms with Crippen LogP contribution in [0.5, 0.6) is 5.75 Å². The van der Waals surface area contributed by atoms with Gasteiger partial charge in [-0.25, -0.2) is 0 Å². The van der Waals surface area contributed by atoms with Crippen LogP contribution in [0.15, 0.2) is 84.9 Å². The summed E-state index contributed by atoms with van der Waals surface area (Å²) in [5.74, 6) is -1.49. The Morgan fingerprint density at radius 3 is 2.09 bits per heavy atom. The second kappa shape index (κ2) is 12.9. The molecule has 2 atom stereocenters. The molecule has 5 aromatic rings. The third-order valence-corrected chi connectivity index (χ3v) is 7.70. The van der Waals surface area contributed by atoms with Crippen molar-refractivity contribution in [2.24, 2.45) is 11.5 Å². The van der Waals surface area contributed by atoms with E-state index in [-0.39, 0.29) is 12.0 Å². The van der Waals surface area contributed by atoms with Crippen LogP contribution in [0.3, 0.4) is 0 Å². The van der Waals surface area contributed by atoms with Crippen LogP contribution in [0.2, 0.25) is 10.0 Å². The van der Waals surface area contributed by atoms with E-state index in [1.165, 1.54) is 0 Å². The average Bonchev–Trinajstić information content (AvgIpc) is 3.37. The summed E-state index contributed by atoms with van der Waals surface area (Å²) in [5, 5.41) is 15.7. The number of halogens is 2. The monoisotopic (exact) mass is 630 g/mol. The number of carbonyl (C=O) groups excluding carboxylic acids is 2. The maximum atomic E-state index is 12.7. The highest BCUT2D eigenvalue weighted by molar-refractivity contribution is 6.35. The first-order chi connectivity index (χ1) is 21.0. The number of carbonyl (C=O) groups is 3. The van der Waals surface area contributed by atoms with Gasteiger partial charge in [0.15, 0.2) is 5.78 Å². The maximum Gasteiger partial charge on any atom is 0.305 e. The number of ether oxygens (including phenoxy) is 1. The Kier molecular flexibility index (Phi) is 9.01. The van der Waals surface area contributed by atoms with Gasteiger partial charge in [0.25, 0.3) is 0 Å². The van der Waals surface area contributed by atoms with E-state index in [0.717, 1.165) is 27.8 Å². The fourth-order valence-electron chi connectivity index (χ4n) is 5.14. The molecule has 0 fully saturated rings. The van der Waals surface area contributed by atoms with Crippen molar-refractivity contribution >= 4 is 51.8 Å². The Morgan fingerprint density at radius 1 is 0.864 bits per heavy atom. The van der Waals surface area contributed by atoms with Crippen molar-refractivity contribution in [1.82, 2.24) is 9.78 Å². The number of carboxylic acids is 1. The number of primary amides is 1. The lowest BCUT2D eigenvalue weighted by atomic mass is 9.97. The van der Waals surface area contributed by atoms with Crippen LogP contribution in [0.1, 0.15) is 34.8 Å². The van der Waals surface area contributed by atoms with Crippen molar-refractivity contribution in [2.45, 2.75) is 24.9 Å². The molecule has 11 heteroatoms. The van der Waals surface area contributed by atoms with Gasteiger partial charge in [-0.1, -0.05) is 65.7 Å². The molecular formula is C33H28Cl2N4O5. The van der Waals surface area contributed by atoms with Crippen LogP contribution >= 0.6 is 23.2 Å². The number of hydrogen-bond donors (Lipinski definition) is 3. The highest BCUT2D eigenvalue weighted by Gasteiger charge is 2.25. The molecule has 0 aliphatic heterocycles. The number of hydrogen-bond acceptors (Lipinski definition) is 6. The third kappa shape index (κ3) is 6.60. The predicted octanol–water partition coefficient (Wildman–Crippen LogP) is 6.14. The summed E-state index contributed by atoms with van der Waals surface area (Å²) in [5.41, 5.74) is 16.3. The number of amides is 1. The van der Waals surface area contributed by atoms with Crippen molar-refractivity contribution < 1.29 is 24.2 Å². The molecule has 0 radical (unpaired) electrons. The van der Waals surface area contributed by atoms with Crippen LogP contribution in [-0.4, -0.2) is 45.7 Å². The number of aromatic nitrogens is 2. The number of ketones is 1. The number of fused-ring (bicyclic) bond motifs is 1. The summed E-state index contributed by atoms with van der Waals surface area (Å²) in [6.45, 7) is 0. The maximum absolute atomic E-state index is 12.7. The Bertz CT molecular complexity index is 1850. The minimum absolute atomic E-state index is 0.0922. The van der Waals surface area contributed by atoms with Crippen LogP contribution in [-0.2, 0) is 9.59 Å². The van der Waals surface area contributed by atoms with E-state index in [1.54, 1.807) is 54.3 Å². The summed E-state index contributed by atoms with van der Waals surface area (Å²) in [6.07, 6.45) is -0.581. The van der Waals surface area contributed by atoms with Crippen LogP contribution in [0, 0.1) is 0 Å². The zero-order valence-corrected chi connectivity index (χ0v) is 25.0. The van der Waals surface area contributed by atoms with Gasteiger partial charge in [0, 0.05) is 26.6 Å². The molecule has 0 saturated carbocycles. The standard InChI is InChI=1S/C33H28Cl2N4O5/c1-44-25-9-6-18(7-10-25)21-8-11-26-29(14-21)39(38-32(26)22-12-23(34)15-24(35)13-22)28(17-30(37)40)19-2-4-20(5-3-19)33(43)27(36)16-31(41)42/h2-15,27-28H,16-17,36H2,1H3,(H2,37,40)(H,41,42). The number of rotatable bonds is 11. The minimum Gasteiger partial charge on any atom is -0.497 e. The summed E-state index contributed by atoms with van der Waals surface area (Å²) in [4.78, 5) is 36.1. The van der Waals surface area contributed by atoms with Crippen LogP contribution in [0.4, 0.5) is 0 Å². The first-order valence-electron chi connectivity index (χ1n) is 13.6. The van der Waals surface area contributed by atoms with Gasteiger partial charge in [0.1, 0.15) is 11.4 Å². The molecule has 2 unspecified atom stereocenters. The highest BCUT2D eigenvalue weighted by atomic mass is 35.5. The second-order valence-corrected chi connectivity index (χ2v) is 11.2. The fourth-order valence-corrected chi connectivity index (χ4v) is 5.67. The second-order valence-electron chi connectivity index (χ2n) is 10.3. The Balaban J connectivity index is 1.66. The summed E-state index contributed by atoms with van der Waals surface area (Å²) in [7, 11) is 1.61. The van der Waals surface area contributed by atoms with E-state index in [4.69, 9.17) is 49.6 Å². The Hall–Kier alpha value is -4.70. The van der Waals surface area contributed by atoms with Gasteiger partial charge in [0.05, 0.1) is 37.6 Å². The predicted molar refractivity (Wildman–Crippen MR) is 170 cm³/mol. The first kappa shape index (κ1) is 30.7. The normalized spacial score (nSPS) is 12.5. The van der Waals surface area contributed by atoms with Crippen LogP contribution < -0.4 is 16.2 Å². The van der Waals surface area contributed by atoms with Gasteiger partial charge >= 0.3 is 5.97 Å². The molecule has 44 heavy (non-hydrogen) atoms. The van der Waals surface area contributed by atoms with E-state index in [1.807, 2.05) is 42.5 Å². The largest absolute Gasteiger partial charge is 0.497 e. The van der Waals surface area contributed by atoms with E-state index in [0.29, 0.717) is 26.9 Å². The van der Waals surface area contributed by atoms with Crippen molar-refractivity contribution in [3.05, 3.63) is 106 Å². The van der Waals surface area contributed by atoms with E-state index in [2.05, 4.69) is 0 Å². The van der Waals surface area contributed by atoms with Crippen molar-refractivity contribution in [2.75, 3.05) is 7.11 Å². The quantitative estimate of drug-likeness (QED) is 0.148. The van der Waals surface area contributed by atoms with Gasteiger partial charge in [0.2, 0.25) is 5.91 Å². The smallest absolute Gasteiger partial charge is 0.305 e. The molecule has 4 aromatic carbocycles. The minimum atomic E-state index is -1.18. The molecule has 0 saturated heterocycles. The molecule has 224 valence electrons. The lowest BCUT2D eigenvalue weighted by molar-refractivity contribution is -0.137. The Morgan fingerprint density at radius 2 is 1.50 bits per heavy atom. The average molecular weight is 632 g/mol. The topological polar surface area (TPSA) is 151 Å². The van der Waals surface area contributed by atoms with Gasteiger partial charge in [-0.05, 0) is 59.2 Å². The van der Waals surface area contributed by atoms with Gasteiger partial charge in [-0.3, -0.25) is 19.1 Å². The molecule has 5 rings (SSSR count). The lowest BCUT2D eigenvalue weighted by Gasteiger charge is -2.19. The van der Waals surface area contributed by atoms with E-state index >= 15 is 0 Å². The van der Waals surface area contributed by atoms with Gasteiger partial charge in [-0.2, -0.15) is 5.10 Å². The van der Waals surface area contributed by atoms with E-state index in [9.17, 15) is 14.4 Å². The number of nitrogens with zero attached hydrogens (tertiary/aromatic N) is 2. The molecule has 0 aliphatic carbocycles. The van der Waals surface area contributed by atoms with Gasteiger partial charge < -0.3 is 21.3 Å². The zero-order valence-electron chi connectivity index (χ0n) is 23.5. The Labute approximate surface area is 262 Å². The zero-order chi connectivity index (χ0) is 31.5. The summed E-state index contributed by atoms with van der Waals surface area (Å²) in [6, 6.07) is 23.4. The number of aliphatic carboxylic acids is 1. The van der Waals surface area contributed by atoms with Crippen molar-refractivity contribution in [1.29, 1.82) is 0 Å². The summed E-state index contributed by atoms with van der Waals surface area (Å²) >= 11 is 12.7. The molecule has 1 amide bonds. The van der Waals surface area contributed by atoms with Gasteiger partial charge in [-0.15, -0.1) is 0 Å². The number of Topliss-reactive ketones (excluding diaryl/α,β-unsaturated/α-hetero) is 1. The van der Waals surface area contributed by atoms with E-state index < -0.39 is 36.2 Å². The fraction of sp³-hybridized carbons (Fsp3) is 0.152. The third-order valence-electron chi connectivity index (χ3n) is 7.27. The SMILES string of the molecule is COc1ccc(-c2ccc3c(-c4cc(Cl)cc(Cl)c4)nn(C(CC(N)=O)c4ccc(C(=O)C(N)CC(=O)O)cc4)c3c2)cc1. The number of nitrogens with two attached hydrogens (primary N) is 2. The molecule has 1 aromatic heterocycles. The molecule has 0 aliphatic rings. The molecular weight excluding hydrogens is 603 g/mol. The first-order valence-corrected chi connectivity index (χ1v) is 14.3. The summed E-state index contributed by atoms with van der Waals surface area (Å²) < 4.78 is 7.04.